The van der Waals surface area contributed by atoms with Crippen molar-refractivity contribution < 1.29 is 53.2 Å². The van der Waals surface area contributed by atoms with Crippen LogP contribution in [-0.2, 0) is 21.3 Å². The van der Waals surface area contributed by atoms with E-state index in [1.54, 1.807) is 27.7 Å². The second-order valence-corrected chi connectivity index (χ2v) is 13.3. The van der Waals surface area contributed by atoms with E-state index in [-0.39, 0.29) is 43.0 Å². The Hall–Kier alpha value is -3.20. The molecule has 0 radical (unpaired) electrons. The molecule has 0 saturated carbocycles. The molecule has 2 aromatic carbocycles. The Bertz CT molecular complexity index is 1410. The number of amides is 1. The third-order valence-corrected chi connectivity index (χ3v) is 7.21. The van der Waals surface area contributed by atoms with Gasteiger partial charge in [0.15, 0.2) is 0 Å². The lowest BCUT2D eigenvalue weighted by molar-refractivity contribution is -0.0500. The largest absolute Gasteiger partial charge is 0.534 e. The molecule has 2 unspecified atom stereocenters. The minimum atomic E-state index is -5.96. The minimum absolute atomic E-state index is 0.0265. The van der Waals surface area contributed by atoms with E-state index >= 15 is 8.78 Å². The lowest BCUT2D eigenvalue weighted by Crippen LogP contribution is -2.48. The molecule has 8 nitrogen and oxygen atoms in total. The molecule has 0 aliphatic carbocycles. The van der Waals surface area contributed by atoms with Crippen molar-refractivity contribution in [1.29, 1.82) is 0 Å². The molecule has 0 aromatic heterocycles. The summed E-state index contributed by atoms with van der Waals surface area (Å²) in [7, 11) is -5.96. The number of hydrogen-bond acceptors (Lipinski definition) is 7. The van der Waals surface area contributed by atoms with Gasteiger partial charge in [-0.1, -0.05) is 6.07 Å². The van der Waals surface area contributed by atoms with Crippen LogP contribution in [0.2, 0.25) is 0 Å². The number of nitrogens with zero attached hydrogens (tertiary/aromatic N) is 1. The summed E-state index contributed by atoms with van der Waals surface area (Å²) in [5, 5.41) is 2.45. The normalized spacial score (nSPS) is 18.1. The predicted molar refractivity (Wildman–Crippen MR) is 145 cm³/mol. The Labute approximate surface area is 246 Å². The lowest BCUT2D eigenvalue weighted by atomic mass is 9.83. The van der Waals surface area contributed by atoms with E-state index in [9.17, 15) is 30.8 Å². The van der Waals surface area contributed by atoms with E-state index in [1.807, 2.05) is 0 Å². The molecule has 1 N–H and O–H groups in total. The summed E-state index contributed by atoms with van der Waals surface area (Å²) in [4.78, 5) is 13.3. The van der Waals surface area contributed by atoms with Crippen LogP contribution in [-0.4, -0.2) is 61.9 Å². The van der Waals surface area contributed by atoms with Gasteiger partial charge in [-0.3, -0.25) is 4.90 Å². The monoisotopic (exact) mass is 640 g/mol. The number of fused-ring (bicyclic) bond motifs is 1. The van der Waals surface area contributed by atoms with Gasteiger partial charge >= 0.3 is 21.7 Å². The van der Waals surface area contributed by atoms with Gasteiger partial charge in [-0.05, 0) is 71.2 Å². The molecule has 240 valence electrons. The summed E-state index contributed by atoms with van der Waals surface area (Å²) >= 11 is 0. The van der Waals surface area contributed by atoms with E-state index in [2.05, 4.69) is 9.50 Å². The fraction of sp³-hybridized carbons (Fsp3) is 0.536. The molecular formula is C28H34F6N2O6S. The number of carbonyl (C=O) groups is 1. The molecule has 1 aliphatic rings. The van der Waals surface area contributed by atoms with Crippen molar-refractivity contribution >= 4 is 16.2 Å². The summed E-state index contributed by atoms with van der Waals surface area (Å²) < 4.78 is 122. The summed E-state index contributed by atoms with van der Waals surface area (Å²) in [5.41, 5.74) is -8.15. The Morgan fingerprint density at radius 2 is 1.60 bits per heavy atom. The number of rotatable bonds is 9. The predicted octanol–water partition coefficient (Wildman–Crippen LogP) is 6.18. The average molecular weight is 641 g/mol. The molecular weight excluding hydrogens is 606 g/mol. The highest BCUT2D eigenvalue weighted by Gasteiger charge is 2.49. The number of halogens is 6. The van der Waals surface area contributed by atoms with Crippen LogP contribution in [0, 0.1) is 11.6 Å². The maximum Gasteiger partial charge on any atom is 0.534 e. The van der Waals surface area contributed by atoms with E-state index < -0.39 is 68.0 Å². The number of benzene rings is 2. The number of ether oxygens (including phenoxy) is 2. The third-order valence-electron chi connectivity index (χ3n) is 6.24. The highest BCUT2D eigenvalue weighted by molar-refractivity contribution is 7.88. The van der Waals surface area contributed by atoms with Crippen LogP contribution >= 0.6 is 0 Å². The van der Waals surface area contributed by atoms with Crippen LogP contribution < -0.4 is 14.2 Å². The Morgan fingerprint density at radius 3 is 2.14 bits per heavy atom. The smallest absolute Gasteiger partial charge is 0.492 e. The van der Waals surface area contributed by atoms with E-state index in [0.29, 0.717) is 0 Å². The van der Waals surface area contributed by atoms with Crippen molar-refractivity contribution in [3.05, 3.63) is 58.7 Å². The van der Waals surface area contributed by atoms with Gasteiger partial charge in [-0.15, -0.1) is 0 Å². The zero-order valence-electron chi connectivity index (χ0n) is 24.4. The summed E-state index contributed by atoms with van der Waals surface area (Å²) in [6.45, 7) is 8.85. The van der Waals surface area contributed by atoms with Crippen molar-refractivity contribution in [2.24, 2.45) is 0 Å². The Morgan fingerprint density at radius 1 is 1.00 bits per heavy atom. The first-order valence-electron chi connectivity index (χ1n) is 13.2. The maximum atomic E-state index is 15.6. The number of carbonyl (C=O) groups excluding carboxylic acids is 1. The topological polar surface area (TPSA) is 94.2 Å². The third kappa shape index (κ3) is 8.91. The van der Waals surface area contributed by atoms with E-state index in [1.165, 1.54) is 24.8 Å². The van der Waals surface area contributed by atoms with E-state index in [4.69, 9.17) is 9.47 Å². The summed E-state index contributed by atoms with van der Waals surface area (Å²) in [6, 6.07) is 3.26. The fourth-order valence-corrected chi connectivity index (χ4v) is 5.12. The first-order valence-corrected chi connectivity index (χ1v) is 14.7. The quantitative estimate of drug-likeness (QED) is 0.151. The van der Waals surface area contributed by atoms with Crippen LogP contribution in [0.3, 0.4) is 0 Å². The number of alkyl halides is 4. The van der Waals surface area contributed by atoms with Gasteiger partial charge in [0.1, 0.15) is 41.0 Å². The molecule has 0 saturated heterocycles. The highest BCUT2D eigenvalue weighted by Crippen LogP contribution is 2.43. The minimum Gasteiger partial charge on any atom is -0.492 e. The Kier molecular flexibility index (Phi) is 9.91. The zero-order chi connectivity index (χ0) is 32.5. The van der Waals surface area contributed by atoms with Gasteiger partial charge < -0.3 is 19.0 Å². The molecule has 3 rings (SSSR count). The molecule has 0 fully saturated rings. The Balaban J connectivity index is 1.94. The van der Waals surface area contributed by atoms with Crippen molar-refractivity contribution in [1.82, 2.24) is 10.2 Å². The number of nitrogens with one attached hydrogen (secondary N) is 1. The van der Waals surface area contributed by atoms with Gasteiger partial charge in [-0.2, -0.15) is 21.6 Å². The molecule has 2 aromatic rings. The first kappa shape index (κ1) is 34.3. The fourth-order valence-electron chi connectivity index (χ4n) is 4.66. The molecule has 2 atom stereocenters. The second-order valence-electron chi connectivity index (χ2n) is 11.8. The molecule has 0 bridgehead atoms. The van der Waals surface area contributed by atoms with Crippen LogP contribution in [0.5, 0.6) is 11.5 Å². The maximum absolute atomic E-state index is 15.6. The molecule has 1 amide bonds. The van der Waals surface area contributed by atoms with Crippen molar-refractivity contribution in [2.75, 3.05) is 19.7 Å². The molecule has 0 spiro atoms. The van der Waals surface area contributed by atoms with Crippen LogP contribution in [0.25, 0.3) is 0 Å². The molecule has 43 heavy (non-hydrogen) atoms. The summed E-state index contributed by atoms with van der Waals surface area (Å²) in [5.74, 6) is -2.90. The van der Waals surface area contributed by atoms with Gasteiger partial charge in [0, 0.05) is 30.3 Å². The van der Waals surface area contributed by atoms with Crippen molar-refractivity contribution in [3.63, 3.8) is 0 Å². The standard InChI is InChI=1S/C28H34F6N2O6S/c1-16-11-17-12-18(42-43(38,39)28(32,33)34)7-8-20(17)24(36(16)15-27(5,6)31)23-21(29)13-19(14-22(23)30)40-10-9-35-25(37)41-26(2,3)4/h7-8,12-14,16,24H,9-11,15H2,1-6H3,(H,35,37). The van der Waals surface area contributed by atoms with E-state index in [0.717, 1.165) is 24.3 Å². The van der Waals surface area contributed by atoms with Gasteiger partial charge in [-0.25, -0.2) is 18.0 Å². The van der Waals surface area contributed by atoms with Crippen LogP contribution in [0.15, 0.2) is 30.3 Å². The highest BCUT2D eigenvalue weighted by atomic mass is 32.2. The number of alkyl carbamates (subject to hydrolysis) is 1. The molecule has 1 aliphatic heterocycles. The zero-order valence-corrected chi connectivity index (χ0v) is 25.3. The van der Waals surface area contributed by atoms with Gasteiger partial charge in [0.05, 0.1) is 12.6 Å². The average Bonchev–Trinajstić information content (AvgIpc) is 2.80. The molecule has 15 heteroatoms. The SMILES string of the molecule is CC1Cc2cc(OS(=O)(=O)C(F)(F)F)ccc2C(c2c(F)cc(OCCNC(=O)OC(C)(C)C)cc2F)N1CC(C)(C)F. The second kappa shape index (κ2) is 12.4. The van der Waals surface area contributed by atoms with Gasteiger partial charge in [0.2, 0.25) is 0 Å². The molecule has 1 heterocycles. The summed E-state index contributed by atoms with van der Waals surface area (Å²) in [6.07, 6.45) is -0.602. The van der Waals surface area contributed by atoms with Crippen molar-refractivity contribution in [2.45, 2.75) is 76.8 Å². The number of hydrogen-bond donors (Lipinski definition) is 1. The lowest BCUT2D eigenvalue weighted by Gasteiger charge is -2.44. The van der Waals surface area contributed by atoms with Crippen LogP contribution in [0.1, 0.15) is 64.3 Å². The first-order chi connectivity index (χ1) is 19.6. The van der Waals surface area contributed by atoms with Crippen molar-refractivity contribution in [3.8, 4) is 11.5 Å². The van der Waals surface area contributed by atoms with Crippen LogP contribution in [0.4, 0.5) is 31.1 Å². The van der Waals surface area contributed by atoms with Gasteiger partial charge in [0.25, 0.3) is 0 Å².